The van der Waals surface area contributed by atoms with Gasteiger partial charge in [0.05, 0.1) is 0 Å². The van der Waals surface area contributed by atoms with Gasteiger partial charge in [-0.25, -0.2) is 0 Å². The fourth-order valence-corrected chi connectivity index (χ4v) is 2.65. The second-order valence-electron chi connectivity index (χ2n) is 5.38. The van der Waals surface area contributed by atoms with E-state index < -0.39 is 0 Å². The highest BCUT2D eigenvalue weighted by Crippen LogP contribution is 2.19. The molecule has 100 valence electrons. The molecule has 2 heteroatoms. The number of piperazine rings is 1. The summed E-state index contributed by atoms with van der Waals surface area (Å²) in [4.78, 5) is 5.16. The Kier molecular flexibility index (Phi) is 5.21. The van der Waals surface area contributed by atoms with Gasteiger partial charge in [-0.1, -0.05) is 44.2 Å². The van der Waals surface area contributed by atoms with Crippen molar-refractivity contribution in [2.75, 3.05) is 39.3 Å². The third-order valence-electron chi connectivity index (χ3n) is 4.16. The van der Waals surface area contributed by atoms with Crippen molar-refractivity contribution in [2.24, 2.45) is 0 Å². The van der Waals surface area contributed by atoms with Crippen molar-refractivity contribution in [3.8, 4) is 0 Å². The maximum Gasteiger partial charge on any atom is 0.0110 e. The Balaban J connectivity index is 1.72. The minimum Gasteiger partial charge on any atom is -0.301 e. The first kappa shape index (κ1) is 13.6. The zero-order valence-electron chi connectivity index (χ0n) is 11.8. The Hall–Kier alpha value is -0.860. The minimum absolute atomic E-state index is 0.676. The van der Waals surface area contributed by atoms with Crippen molar-refractivity contribution in [3.05, 3.63) is 35.9 Å². The van der Waals surface area contributed by atoms with Gasteiger partial charge in [-0.3, -0.25) is 0 Å². The predicted octanol–water partition coefficient (Wildman–Crippen LogP) is 2.82. The van der Waals surface area contributed by atoms with Gasteiger partial charge in [-0.2, -0.15) is 0 Å². The van der Waals surface area contributed by atoms with E-state index in [-0.39, 0.29) is 0 Å². The van der Waals surface area contributed by atoms with Gasteiger partial charge in [-0.15, -0.1) is 0 Å². The van der Waals surface area contributed by atoms with E-state index >= 15 is 0 Å². The summed E-state index contributed by atoms with van der Waals surface area (Å²) in [5.41, 5.74) is 1.48. The van der Waals surface area contributed by atoms with Gasteiger partial charge in [0, 0.05) is 26.2 Å². The molecular formula is C16H26N2. The zero-order chi connectivity index (χ0) is 12.8. The lowest BCUT2D eigenvalue weighted by Crippen LogP contribution is -2.46. The highest BCUT2D eigenvalue weighted by atomic mass is 15.3. The molecule has 0 amide bonds. The molecule has 1 aromatic carbocycles. The van der Waals surface area contributed by atoms with Gasteiger partial charge in [0.1, 0.15) is 0 Å². The summed E-state index contributed by atoms with van der Waals surface area (Å²) in [7, 11) is 0. The minimum atomic E-state index is 0.676. The second-order valence-corrected chi connectivity index (χ2v) is 5.38. The Bertz CT molecular complexity index is 328. The zero-order valence-corrected chi connectivity index (χ0v) is 11.8. The lowest BCUT2D eigenvalue weighted by molar-refractivity contribution is 0.134. The van der Waals surface area contributed by atoms with E-state index in [1.807, 2.05) is 0 Å². The largest absolute Gasteiger partial charge is 0.301 e. The molecule has 2 rings (SSSR count). The maximum atomic E-state index is 2.62. The van der Waals surface area contributed by atoms with Crippen LogP contribution in [0, 0.1) is 0 Å². The fraction of sp³-hybridized carbons (Fsp3) is 0.625. The Morgan fingerprint density at radius 2 is 1.61 bits per heavy atom. The molecule has 0 spiro atoms. The summed E-state index contributed by atoms with van der Waals surface area (Å²) >= 11 is 0. The van der Waals surface area contributed by atoms with E-state index in [9.17, 15) is 0 Å². The molecule has 1 aliphatic rings. The lowest BCUT2D eigenvalue weighted by Gasteiger charge is -2.34. The molecule has 1 aromatic rings. The normalized spacial score (nSPS) is 19.9. The lowest BCUT2D eigenvalue weighted by atomic mass is 9.97. The number of likely N-dealkylation sites (N-methyl/N-ethyl adjacent to an activating group) is 1. The van der Waals surface area contributed by atoms with Crippen molar-refractivity contribution in [2.45, 2.75) is 26.2 Å². The first-order valence-electron chi connectivity index (χ1n) is 7.29. The number of rotatable bonds is 5. The van der Waals surface area contributed by atoms with Crippen LogP contribution in [0.15, 0.2) is 30.3 Å². The van der Waals surface area contributed by atoms with Gasteiger partial charge in [0.25, 0.3) is 0 Å². The molecule has 0 N–H and O–H groups in total. The molecule has 1 heterocycles. The molecule has 0 bridgehead atoms. The second kappa shape index (κ2) is 6.91. The van der Waals surface area contributed by atoms with Gasteiger partial charge in [0.2, 0.25) is 0 Å². The van der Waals surface area contributed by atoms with E-state index in [0.717, 1.165) is 0 Å². The Morgan fingerprint density at radius 3 is 2.22 bits per heavy atom. The van der Waals surface area contributed by atoms with E-state index in [2.05, 4.69) is 54.0 Å². The van der Waals surface area contributed by atoms with Crippen LogP contribution >= 0.6 is 0 Å². The van der Waals surface area contributed by atoms with Crippen LogP contribution in [0.2, 0.25) is 0 Å². The van der Waals surface area contributed by atoms with E-state index in [1.54, 1.807) is 0 Å². The van der Waals surface area contributed by atoms with Crippen LogP contribution < -0.4 is 0 Å². The number of benzene rings is 1. The molecule has 18 heavy (non-hydrogen) atoms. The summed E-state index contributed by atoms with van der Waals surface area (Å²) in [5.74, 6) is 0.676. The quantitative estimate of drug-likeness (QED) is 0.788. The van der Waals surface area contributed by atoms with E-state index in [4.69, 9.17) is 0 Å². The van der Waals surface area contributed by atoms with Crippen molar-refractivity contribution >= 4 is 0 Å². The third-order valence-corrected chi connectivity index (χ3v) is 4.16. The van der Waals surface area contributed by atoms with Crippen LogP contribution in [-0.2, 0) is 0 Å². The summed E-state index contributed by atoms with van der Waals surface area (Å²) in [5, 5.41) is 0. The van der Waals surface area contributed by atoms with Crippen molar-refractivity contribution in [1.82, 2.24) is 9.80 Å². The molecule has 1 aliphatic heterocycles. The van der Waals surface area contributed by atoms with Gasteiger partial charge < -0.3 is 9.80 Å². The third kappa shape index (κ3) is 3.82. The fourth-order valence-electron chi connectivity index (χ4n) is 2.65. The number of nitrogens with zero attached hydrogens (tertiary/aromatic N) is 2. The first-order valence-corrected chi connectivity index (χ1v) is 7.29. The van der Waals surface area contributed by atoms with Crippen LogP contribution in [-0.4, -0.2) is 49.1 Å². The average molecular weight is 246 g/mol. The van der Waals surface area contributed by atoms with Gasteiger partial charge in [-0.05, 0) is 31.0 Å². The van der Waals surface area contributed by atoms with Crippen LogP contribution in [0.5, 0.6) is 0 Å². The number of hydrogen-bond acceptors (Lipinski definition) is 2. The van der Waals surface area contributed by atoms with E-state index in [1.165, 1.54) is 51.3 Å². The topological polar surface area (TPSA) is 6.48 Å². The highest BCUT2D eigenvalue weighted by Gasteiger charge is 2.16. The monoisotopic (exact) mass is 246 g/mol. The molecule has 0 radical (unpaired) electrons. The smallest absolute Gasteiger partial charge is 0.0110 e. The molecule has 1 fully saturated rings. The molecule has 2 nitrogen and oxygen atoms in total. The van der Waals surface area contributed by atoms with Crippen molar-refractivity contribution in [1.29, 1.82) is 0 Å². The maximum absolute atomic E-state index is 2.62. The summed E-state index contributed by atoms with van der Waals surface area (Å²) in [6.07, 6.45) is 1.27. The van der Waals surface area contributed by atoms with Crippen LogP contribution in [0.25, 0.3) is 0 Å². The molecule has 0 saturated carbocycles. The SMILES string of the molecule is CCN1CCN(CC[C@@H](C)c2ccccc2)CC1. The standard InChI is InChI=1S/C16H26N2/c1-3-17-11-13-18(14-12-17)10-9-15(2)16-7-5-4-6-8-16/h4-8,15H,3,9-14H2,1-2H3/t15-/m1/s1. The molecule has 1 saturated heterocycles. The Morgan fingerprint density at radius 1 is 1.00 bits per heavy atom. The van der Waals surface area contributed by atoms with Crippen molar-refractivity contribution < 1.29 is 0 Å². The summed E-state index contributed by atoms with van der Waals surface area (Å²) in [6.45, 7) is 12.0. The molecule has 1 atom stereocenters. The van der Waals surface area contributed by atoms with Crippen LogP contribution in [0.4, 0.5) is 0 Å². The summed E-state index contributed by atoms with van der Waals surface area (Å²) in [6, 6.07) is 10.9. The molecular weight excluding hydrogens is 220 g/mol. The molecule has 0 aliphatic carbocycles. The van der Waals surface area contributed by atoms with Crippen LogP contribution in [0.1, 0.15) is 31.7 Å². The number of hydrogen-bond donors (Lipinski definition) is 0. The van der Waals surface area contributed by atoms with Crippen LogP contribution in [0.3, 0.4) is 0 Å². The van der Waals surface area contributed by atoms with Gasteiger partial charge in [0.15, 0.2) is 0 Å². The average Bonchev–Trinajstić information content (AvgIpc) is 2.46. The highest BCUT2D eigenvalue weighted by molar-refractivity contribution is 5.18. The molecule has 0 unspecified atom stereocenters. The summed E-state index contributed by atoms with van der Waals surface area (Å²) < 4.78 is 0. The Labute approximate surface area is 112 Å². The van der Waals surface area contributed by atoms with Gasteiger partial charge >= 0.3 is 0 Å². The van der Waals surface area contributed by atoms with E-state index in [0.29, 0.717) is 5.92 Å². The predicted molar refractivity (Wildman–Crippen MR) is 78.0 cm³/mol. The first-order chi connectivity index (χ1) is 8.79. The molecule has 0 aromatic heterocycles. The van der Waals surface area contributed by atoms with Crippen molar-refractivity contribution in [3.63, 3.8) is 0 Å².